The molecule has 1 atom stereocenters. The van der Waals surface area contributed by atoms with Crippen LogP contribution in [0.2, 0.25) is 0 Å². The number of carbonyl (C=O) groups is 2. The molecule has 0 spiro atoms. The lowest BCUT2D eigenvalue weighted by Gasteiger charge is -2.18. The highest BCUT2D eigenvalue weighted by Gasteiger charge is 2.39. The van der Waals surface area contributed by atoms with Crippen LogP contribution in [0.1, 0.15) is 23.1 Å². The molecule has 1 fully saturated rings. The van der Waals surface area contributed by atoms with Gasteiger partial charge in [-0.05, 0) is 37.5 Å². The molecule has 1 aliphatic heterocycles. The van der Waals surface area contributed by atoms with Gasteiger partial charge in [-0.1, -0.05) is 48.0 Å². The van der Waals surface area contributed by atoms with Crippen LogP contribution in [0.25, 0.3) is 0 Å². The maximum absolute atomic E-state index is 12.7. The molecule has 0 saturated carbocycles. The van der Waals surface area contributed by atoms with Gasteiger partial charge < -0.3 is 0 Å². The van der Waals surface area contributed by atoms with Gasteiger partial charge in [0, 0.05) is 6.42 Å². The fourth-order valence-corrected chi connectivity index (χ4v) is 3.06. The number of hydrogen-bond donors (Lipinski definition) is 0. The Morgan fingerprint density at radius 3 is 2.45 bits per heavy atom. The number of imide groups is 1. The Balaban J connectivity index is 1.85. The van der Waals surface area contributed by atoms with Gasteiger partial charge in [-0.2, -0.15) is 0 Å². The predicted octanol–water partition coefficient (Wildman–Crippen LogP) is 3.43. The van der Waals surface area contributed by atoms with Crippen molar-refractivity contribution in [2.75, 3.05) is 4.90 Å². The second kappa shape index (κ2) is 5.76. The second-order valence-corrected chi connectivity index (χ2v) is 5.95. The van der Waals surface area contributed by atoms with Crippen LogP contribution in [-0.4, -0.2) is 11.8 Å². The summed E-state index contributed by atoms with van der Waals surface area (Å²) in [5, 5.41) is 0. The Bertz CT molecular complexity index is 721. The van der Waals surface area contributed by atoms with E-state index in [4.69, 9.17) is 0 Å². The molecule has 2 amide bonds. The molecule has 22 heavy (non-hydrogen) atoms. The minimum atomic E-state index is -0.254. The number of benzene rings is 2. The van der Waals surface area contributed by atoms with Gasteiger partial charge in [0.2, 0.25) is 11.8 Å². The lowest BCUT2D eigenvalue weighted by atomic mass is 9.98. The maximum atomic E-state index is 12.7. The third-order valence-corrected chi connectivity index (χ3v) is 4.16. The Hall–Kier alpha value is -2.42. The molecular weight excluding hydrogens is 274 g/mol. The monoisotopic (exact) mass is 293 g/mol. The van der Waals surface area contributed by atoms with Gasteiger partial charge >= 0.3 is 0 Å². The summed E-state index contributed by atoms with van der Waals surface area (Å²) < 4.78 is 0. The van der Waals surface area contributed by atoms with Crippen molar-refractivity contribution in [1.29, 1.82) is 0 Å². The van der Waals surface area contributed by atoms with E-state index in [1.54, 1.807) is 0 Å². The van der Waals surface area contributed by atoms with Crippen LogP contribution >= 0.6 is 0 Å². The molecule has 0 N–H and O–H groups in total. The smallest absolute Gasteiger partial charge is 0.237 e. The average Bonchev–Trinajstić information content (AvgIpc) is 2.75. The fraction of sp³-hybridized carbons (Fsp3) is 0.263. The van der Waals surface area contributed by atoms with Crippen LogP contribution in [0.3, 0.4) is 0 Å². The molecule has 0 bridgehead atoms. The first-order valence-electron chi connectivity index (χ1n) is 7.54. The zero-order chi connectivity index (χ0) is 15.7. The van der Waals surface area contributed by atoms with Crippen molar-refractivity contribution in [3.8, 4) is 0 Å². The predicted molar refractivity (Wildman–Crippen MR) is 86.7 cm³/mol. The summed E-state index contributed by atoms with van der Waals surface area (Å²) in [6, 6.07) is 15.7. The molecule has 3 rings (SSSR count). The lowest BCUT2D eigenvalue weighted by molar-refractivity contribution is -0.122. The van der Waals surface area contributed by atoms with Crippen molar-refractivity contribution in [1.82, 2.24) is 0 Å². The highest BCUT2D eigenvalue weighted by atomic mass is 16.2. The number of rotatable bonds is 3. The van der Waals surface area contributed by atoms with Crippen molar-refractivity contribution >= 4 is 17.5 Å². The van der Waals surface area contributed by atoms with Gasteiger partial charge in [0.15, 0.2) is 0 Å². The van der Waals surface area contributed by atoms with Crippen LogP contribution < -0.4 is 4.90 Å². The summed E-state index contributed by atoms with van der Waals surface area (Å²) in [4.78, 5) is 26.4. The summed E-state index contributed by atoms with van der Waals surface area (Å²) in [6.07, 6.45) is 0.911. The maximum Gasteiger partial charge on any atom is 0.237 e. The first kappa shape index (κ1) is 14.5. The van der Waals surface area contributed by atoms with Gasteiger partial charge in [-0.15, -0.1) is 0 Å². The van der Waals surface area contributed by atoms with E-state index in [2.05, 4.69) is 0 Å². The number of amides is 2. The number of nitrogens with zero attached hydrogens (tertiary/aromatic N) is 1. The molecule has 1 saturated heterocycles. The van der Waals surface area contributed by atoms with Crippen molar-refractivity contribution in [3.63, 3.8) is 0 Å². The summed E-state index contributed by atoms with van der Waals surface area (Å²) in [7, 11) is 0. The van der Waals surface area contributed by atoms with Crippen molar-refractivity contribution in [2.45, 2.75) is 26.7 Å². The largest absolute Gasteiger partial charge is 0.274 e. The molecule has 3 heteroatoms. The van der Waals surface area contributed by atoms with Crippen molar-refractivity contribution in [2.24, 2.45) is 5.92 Å². The molecule has 0 aromatic heterocycles. The van der Waals surface area contributed by atoms with E-state index in [1.807, 2.05) is 62.4 Å². The summed E-state index contributed by atoms with van der Waals surface area (Å²) in [6.45, 7) is 3.94. The van der Waals surface area contributed by atoms with Gasteiger partial charge in [0.25, 0.3) is 0 Å². The van der Waals surface area contributed by atoms with Gasteiger partial charge in [-0.3, -0.25) is 14.5 Å². The highest BCUT2D eigenvalue weighted by molar-refractivity contribution is 6.21. The van der Waals surface area contributed by atoms with Gasteiger partial charge in [-0.25, -0.2) is 0 Å². The topological polar surface area (TPSA) is 37.4 Å². The van der Waals surface area contributed by atoms with Crippen LogP contribution in [0.4, 0.5) is 5.69 Å². The molecule has 0 aliphatic carbocycles. The minimum Gasteiger partial charge on any atom is -0.274 e. The van der Waals surface area contributed by atoms with E-state index in [-0.39, 0.29) is 17.7 Å². The van der Waals surface area contributed by atoms with E-state index < -0.39 is 0 Å². The van der Waals surface area contributed by atoms with Crippen LogP contribution in [-0.2, 0) is 16.0 Å². The van der Waals surface area contributed by atoms with Crippen LogP contribution in [0, 0.1) is 19.8 Å². The molecule has 0 radical (unpaired) electrons. The Labute approximate surface area is 130 Å². The molecule has 2 aromatic carbocycles. The normalized spacial score (nSPS) is 18.1. The summed E-state index contributed by atoms with van der Waals surface area (Å²) in [5.74, 6) is -0.436. The first-order chi connectivity index (χ1) is 10.6. The standard InChI is InChI=1S/C19H19NO2/c1-13-8-9-17(14(2)10-13)20-18(21)12-16(19(20)22)11-15-6-4-3-5-7-15/h3-10,16H,11-12H2,1-2H3/t16-/m1/s1. The Morgan fingerprint density at radius 2 is 1.77 bits per heavy atom. The minimum absolute atomic E-state index is 0.0826. The van der Waals surface area contributed by atoms with E-state index in [1.165, 1.54) is 4.90 Å². The third-order valence-electron chi connectivity index (χ3n) is 4.16. The van der Waals surface area contributed by atoms with E-state index >= 15 is 0 Å². The van der Waals surface area contributed by atoms with Gasteiger partial charge in [0.1, 0.15) is 0 Å². The van der Waals surface area contributed by atoms with Crippen molar-refractivity contribution in [3.05, 3.63) is 65.2 Å². The van der Waals surface area contributed by atoms with Crippen molar-refractivity contribution < 1.29 is 9.59 Å². The quantitative estimate of drug-likeness (QED) is 0.813. The molecule has 0 unspecified atom stereocenters. The Morgan fingerprint density at radius 1 is 1.05 bits per heavy atom. The fourth-order valence-electron chi connectivity index (χ4n) is 3.06. The highest BCUT2D eigenvalue weighted by Crippen LogP contribution is 2.31. The second-order valence-electron chi connectivity index (χ2n) is 5.95. The number of carbonyl (C=O) groups excluding carboxylic acids is 2. The first-order valence-corrected chi connectivity index (χ1v) is 7.54. The lowest BCUT2D eigenvalue weighted by Crippen LogP contribution is -2.31. The number of hydrogen-bond acceptors (Lipinski definition) is 2. The summed E-state index contributed by atoms with van der Waals surface area (Å²) in [5.41, 5.74) is 3.90. The number of aryl methyl sites for hydroxylation is 2. The molecular formula is C19H19NO2. The van der Waals surface area contributed by atoms with Gasteiger partial charge in [0.05, 0.1) is 11.6 Å². The van der Waals surface area contributed by atoms with E-state index in [0.717, 1.165) is 22.4 Å². The summed E-state index contributed by atoms with van der Waals surface area (Å²) >= 11 is 0. The zero-order valence-electron chi connectivity index (χ0n) is 12.9. The molecule has 2 aromatic rings. The third kappa shape index (κ3) is 2.67. The molecule has 3 nitrogen and oxygen atoms in total. The Kier molecular flexibility index (Phi) is 3.80. The molecule has 1 aliphatic rings. The average molecular weight is 293 g/mol. The van der Waals surface area contributed by atoms with Crippen LogP contribution in [0.5, 0.6) is 0 Å². The number of anilines is 1. The SMILES string of the molecule is Cc1ccc(N2C(=O)C[C@@H](Cc3ccccc3)C2=O)c(C)c1. The van der Waals surface area contributed by atoms with E-state index in [9.17, 15) is 9.59 Å². The molecule has 112 valence electrons. The van der Waals surface area contributed by atoms with E-state index in [0.29, 0.717) is 12.8 Å². The van der Waals surface area contributed by atoms with Crippen LogP contribution in [0.15, 0.2) is 48.5 Å². The molecule has 1 heterocycles. The zero-order valence-corrected chi connectivity index (χ0v) is 12.9.